The van der Waals surface area contributed by atoms with Crippen LogP contribution in [0.2, 0.25) is 5.02 Å². The third kappa shape index (κ3) is 2.82. The van der Waals surface area contributed by atoms with Gasteiger partial charge in [-0.3, -0.25) is 11.3 Å². The molecule has 1 rings (SSSR count). The lowest BCUT2D eigenvalue weighted by molar-refractivity contribution is 0.421. The highest BCUT2D eigenvalue weighted by Gasteiger charge is 2.14. The second-order valence-electron chi connectivity index (χ2n) is 3.56. The van der Waals surface area contributed by atoms with Gasteiger partial charge in [-0.2, -0.15) is 0 Å². The Hall–Kier alpha value is 0.160. The Bertz CT molecular complexity index is 315. The summed E-state index contributed by atoms with van der Waals surface area (Å²) in [4.78, 5) is 0. The zero-order valence-corrected chi connectivity index (χ0v) is 11.1. The summed E-state index contributed by atoms with van der Waals surface area (Å²) >= 11 is 8.25. The van der Waals surface area contributed by atoms with Gasteiger partial charge in [0, 0.05) is 9.61 Å². The van der Waals surface area contributed by atoms with Crippen LogP contribution in [0.15, 0.2) is 18.2 Å². The lowest BCUT2D eigenvalue weighted by atomic mass is 9.97. The predicted octanol–water partition coefficient (Wildman–Crippen LogP) is 3.11. The van der Waals surface area contributed by atoms with Gasteiger partial charge in [0.05, 0.1) is 5.02 Å². The number of hydrogen-bond acceptors (Lipinski definition) is 2. The first-order valence-corrected chi connectivity index (χ1v) is 5.93. The third-order valence-corrected chi connectivity index (χ3v) is 3.72. The Morgan fingerprint density at radius 2 is 2.07 bits per heavy atom. The molecule has 1 aromatic carbocycles. The Balaban J connectivity index is 3.00. The molecule has 14 heavy (non-hydrogen) atoms. The number of hydrogen-bond donors (Lipinski definition) is 2. The van der Waals surface area contributed by atoms with Crippen molar-refractivity contribution in [2.75, 3.05) is 0 Å². The van der Waals surface area contributed by atoms with Crippen molar-refractivity contribution in [3.63, 3.8) is 0 Å². The van der Waals surface area contributed by atoms with Crippen molar-refractivity contribution in [2.45, 2.75) is 19.9 Å². The van der Waals surface area contributed by atoms with Crippen LogP contribution in [0.1, 0.15) is 25.5 Å². The molecule has 0 aliphatic carbocycles. The van der Waals surface area contributed by atoms with Crippen molar-refractivity contribution in [3.8, 4) is 0 Å². The normalized spacial score (nSPS) is 13.3. The van der Waals surface area contributed by atoms with Gasteiger partial charge >= 0.3 is 0 Å². The smallest absolute Gasteiger partial charge is 0.0542 e. The molecule has 4 heteroatoms. The summed E-state index contributed by atoms with van der Waals surface area (Å²) in [7, 11) is 0. The molecule has 0 bridgehead atoms. The van der Waals surface area contributed by atoms with E-state index in [1.54, 1.807) is 0 Å². The maximum absolute atomic E-state index is 6.04. The van der Waals surface area contributed by atoms with Gasteiger partial charge in [-0.1, -0.05) is 31.5 Å². The molecule has 2 nitrogen and oxygen atoms in total. The van der Waals surface area contributed by atoms with Crippen molar-refractivity contribution in [1.29, 1.82) is 0 Å². The van der Waals surface area contributed by atoms with Crippen LogP contribution in [-0.4, -0.2) is 0 Å². The minimum Gasteiger partial charge on any atom is -0.271 e. The average Bonchev–Trinajstić information content (AvgIpc) is 2.11. The molecule has 0 aliphatic heterocycles. The third-order valence-electron chi connectivity index (χ3n) is 2.15. The molecule has 0 spiro atoms. The molecular weight excluding hydrogens is 310 g/mol. The van der Waals surface area contributed by atoms with E-state index in [-0.39, 0.29) is 6.04 Å². The van der Waals surface area contributed by atoms with Crippen molar-refractivity contribution >= 4 is 34.2 Å². The molecule has 1 unspecified atom stereocenters. The topological polar surface area (TPSA) is 38.0 Å². The molecule has 3 N–H and O–H groups in total. The first-order valence-electron chi connectivity index (χ1n) is 4.47. The molecule has 0 fully saturated rings. The summed E-state index contributed by atoms with van der Waals surface area (Å²) in [6, 6.07) is 6.18. The van der Waals surface area contributed by atoms with E-state index < -0.39 is 0 Å². The van der Waals surface area contributed by atoms with Crippen LogP contribution in [0.4, 0.5) is 0 Å². The van der Waals surface area contributed by atoms with E-state index in [1.807, 2.05) is 12.1 Å². The quantitative estimate of drug-likeness (QED) is 0.509. The lowest BCUT2D eigenvalue weighted by Gasteiger charge is -2.20. The Morgan fingerprint density at radius 3 is 2.50 bits per heavy atom. The van der Waals surface area contributed by atoms with Crippen LogP contribution in [0, 0.1) is 9.49 Å². The van der Waals surface area contributed by atoms with Gasteiger partial charge in [-0.25, -0.2) is 0 Å². The van der Waals surface area contributed by atoms with E-state index in [4.69, 9.17) is 17.4 Å². The second-order valence-corrected chi connectivity index (χ2v) is 5.13. The van der Waals surface area contributed by atoms with Crippen molar-refractivity contribution < 1.29 is 0 Å². The van der Waals surface area contributed by atoms with Crippen molar-refractivity contribution in [2.24, 2.45) is 11.8 Å². The summed E-state index contributed by atoms with van der Waals surface area (Å²) in [5, 5.41) is 0.781. The standard InChI is InChI=1S/C10H14ClIN2/c1-6(2)10(14-13)7-3-4-9(12)8(11)5-7/h3-6,10,14H,13H2,1-2H3. The van der Waals surface area contributed by atoms with Gasteiger partial charge in [0.25, 0.3) is 0 Å². The summed E-state index contributed by atoms with van der Waals surface area (Å²) in [6.07, 6.45) is 0. The van der Waals surface area contributed by atoms with E-state index >= 15 is 0 Å². The number of benzene rings is 1. The van der Waals surface area contributed by atoms with Gasteiger partial charge in [0.2, 0.25) is 0 Å². The zero-order valence-electron chi connectivity index (χ0n) is 8.22. The van der Waals surface area contributed by atoms with Crippen molar-refractivity contribution in [1.82, 2.24) is 5.43 Å². The number of nitrogens with two attached hydrogens (primary N) is 1. The number of nitrogens with one attached hydrogen (secondary N) is 1. The van der Waals surface area contributed by atoms with Gasteiger partial charge in [0.15, 0.2) is 0 Å². The van der Waals surface area contributed by atoms with Crippen LogP contribution in [0.3, 0.4) is 0 Å². The molecule has 0 saturated heterocycles. The van der Waals surface area contributed by atoms with E-state index in [1.165, 1.54) is 0 Å². The van der Waals surface area contributed by atoms with Crippen LogP contribution >= 0.6 is 34.2 Å². The molecule has 0 aromatic heterocycles. The highest BCUT2D eigenvalue weighted by Crippen LogP contribution is 2.26. The molecule has 0 radical (unpaired) electrons. The summed E-state index contributed by atoms with van der Waals surface area (Å²) in [6.45, 7) is 4.24. The molecule has 0 aliphatic rings. The largest absolute Gasteiger partial charge is 0.271 e. The maximum Gasteiger partial charge on any atom is 0.0542 e. The molecular formula is C10H14ClIN2. The summed E-state index contributed by atoms with van der Waals surface area (Å²) in [5.41, 5.74) is 3.94. The Kier molecular flexibility index (Phi) is 4.63. The fourth-order valence-corrected chi connectivity index (χ4v) is 1.90. The maximum atomic E-state index is 6.04. The SMILES string of the molecule is CC(C)C(NN)c1ccc(I)c(Cl)c1. The first kappa shape index (κ1) is 12.2. The molecule has 0 amide bonds. The Morgan fingerprint density at radius 1 is 1.43 bits per heavy atom. The molecule has 78 valence electrons. The average molecular weight is 325 g/mol. The van der Waals surface area contributed by atoms with Crippen LogP contribution in [0.25, 0.3) is 0 Å². The van der Waals surface area contributed by atoms with Crippen LogP contribution < -0.4 is 11.3 Å². The lowest BCUT2D eigenvalue weighted by Crippen LogP contribution is -2.31. The monoisotopic (exact) mass is 324 g/mol. The van der Waals surface area contributed by atoms with Gasteiger partial charge in [-0.15, -0.1) is 0 Å². The first-order chi connectivity index (χ1) is 6.56. The number of hydrazine groups is 1. The minimum atomic E-state index is 0.157. The van der Waals surface area contributed by atoms with E-state index in [0.29, 0.717) is 5.92 Å². The summed E-state index contributed by atoms with van der Waals surface area (Å²) < 4.78 is 1.06. The number of rotatable bonds is 3. The highest BCUT2D eigenvalue weighted by molar-refractivity contribution is 14.1. The van der Waals surface area contributed by atoms with Gasteiger partial charge in [-0.05, 0) is 46.2 Å². The Labute approximate surface area is 103 Å². The predicted molar refractivity (Wildman–Crippen MR) is 69.1 cm³/mol. The fraction of sp³-hybridized carbons (Fsp3) is 0.400. The zero-order chi connectivity index (χ0) is 10.7. The molecule has 0 heterocycles. The highest BCUT2D eigenvalue weighted by atomic mass is 127. The fourth-order valence-electron chi connectivity index (χ4n) is 1.38. The van der Waals surface area contributed by atoms with Crippen LogP contribution in [0.5, 0.6) is 0 Å². The van der Waals surface area contributed by atoms with Crippen LogP contribution in [-0.2, 0) is 0 Å². The van der Waals surface area contributed by atoms with Gasteiger partial charge < -0.3 is 0 Å². The number of halogens is 2. The summed E-state index contributed by atoms with van der Waals surface area (Å²) in [5.74, 6) is 5.94. The van der Waals surface area contributed by atoms with E-state index in [0.717, 1.165) is 14.2 Å². The molecule has 0 saturated carbocycles. The minimum absolute atomic E-state index is 0.157. The van der Waals surface area contributed by atoms with Gasteiger partial charge in [0.1, 0.15) is 0 Å². The molecule has 1 aromatic rings. The van der Waals surface area contributed by atoms with E-state index in [2.05, 4.69) is 47.9 Å². The van der Waals surface area contributed by atoms with E-state index in [9.17, 15) is 0 Å². The molecule has 1 atom stereocenters. The van der Waals surface area contributed by atoms with Crippen molar-refractivity contribution in [3.05, 3.63) is 32.4 Å². The second kappa shape index (κ2) is 5.30.